The summed E-state index contributed by atoms with van der Waals surface area (Å²) in [6.45, 7) is 0. The van der Waals surface area contributed by atoms with Gasteiger partial charge in [-0.25, -0.2) is 0 Å². The van der Waals surface area contributed by atoms with Gasteiger partial charge < -0.3 is 10.3 Å². The number of fused-ring (bicyclic) bond motifs is 1. The zero-order chi connectivity index (χ0) is 10.1. The third-order valence-corrected chi connectivity index (χ3v) is 2.37. The number of nitrogens with zero attached hydrogens (tertiary/aromatic N) is 2. The van der Waals surface area contributed by atoms with Crippen LogP contribution in [0.1, 0.15) is 5.56 Å². The Morgan fingerprint density at radius 2 is 2.29 bits per heavy atom. The number of hydrogen-bond donors (Lipinski definition) is 1. The highest BCUT2D eigenvalue weighted by molar-refractivity contribution is 5.87. The lowest BCUT2D eigenvalue weighted by Crippen LogP contribution is -1.86. The van der Waals surface area contributed by atoms with Gasteiger partial charge in [-0.3, -0.25) is 0 Å². The highest BCUT2D eigenvalue weighted by Gasteiger charge is 2.05. The number of benzene rings is 1. The van der Waals surface area contributed by atoms with Crippen molar-refractivity contribution in [3.63, 3.8) is 0 Å². The molecule has 3 heteroatoms. The van der Waals surface area contributed by atoms with Crippen LogP contribution in [-0.2, 0) is 13.5 Å². The van der Waals surface area contributed by atoms with Crippen LogP contribution in [-0.4, -0.2) is 4.57 Å². The lowest BCUT2D eigenvalue weighted by molar-refractivity contribution is 0.960. The van der Waals surface area contributed by atoms with E-state index in [1.807, 2.05) is 36.0 Å². The number of rotatable bonds is 1. The molecule has 0 fully saturated rings. The van der Waals surface area contributed by atoms with E-state index >= 15 is 0 Å². The smallest absolute Gasteiger partial charge is 0.0670 e. The van der Waals surface area contributed by atoms with Gasteiger partial charge in [0.15, 0.2) is 0 Å². The number of nitrogen functional groups attached to an aromatic ring is 1. The summed E-state index contributed by atoms with van der Waals surface area (Å²) < 4.78 is 2.02. The highest BCUT2D eigenvalue weighted by atomic mass is 14.9. The van der Waals surface area contributed by atoms with Gasteiger partial charge in [0, 0.05) is 29.8 Å². The van der Waals surface area contributed by atoms with E-state index in [-0.39, 0.29) is 0 Å². The van der Waals surface area contributed by atoms with Gasteiger partial charge in [0.2, 0.25) is 0 Å². The summed E-state index contributed by atoms with van der Waals surface area (Å²) in [5, 5.41) is 9.75. The maximum atomic E-state index is 8.67. The van der Waals surface area contributed by atoms with Gasteiger partial charge in [0.25, 0.3) is 0 Å². The first-order valence-electron chi connectivity index (χ1n) is 4.43. The van der Waals surface area contributed by atoms with Crippen molar-refractivity contribution in [2.24, 2.45) is 7.05 Å². The molecule has 0 bridgehead atoms. The van der Waals surface area contributed by atoms with Crippen LogP contribution in [0.4, 0.5) is 5.69 Å². The van der Waals surface area contributed by atoms with Crippen LogP contribution in [0, 0.1) is 11.3 Å². The third-order valence-electron chi connectivity index (χ3n) is 2.37. The summed E-state index contributed by atoms with van der Waals surface area (Å²) >= 11 is 0. The van der Waals surface area contributed by atoms with Gasteiger partial charge in [-0.15, -0.1) is 0 Å². The number of nitriles is 1. The molecule has 2 N–H and O–H groups in total. The Balaban J connectivity index is 2.74. The highest BCUT2D eigenvalue weighted by Crippen LogP contribution is 2.23. The van der Waals surface area contributed by atoms with Crippen LogP contribution >= 0.6 is 0 Å². The fraction of sp³-hybridized carbons (Fsp3) is 0.182. The van der Waals surface area contributed by atoms with Crippen molar-refractivity contribution in [3.05, 3.63) is 30.0 Å². The molecule has 0 saturated heterocycles. The summed E-state index contributed by atoms with van der Waals surface area (Å²) in [6, 6.07) is 7.92. The number of aromatic nitrogens is 1. The number of anilines is 1. The first-order chi connectivity index (χ1) is 6.72. The van der Waals surface area contributed by atoms with Crippen LogP contribution in [0.3, 0.4) is 0 Å². The zero-order valence-electron chi connectivity index (χ0n) is 7.99. The van der Waals surface area contributed by atoms with Crippen molar-refractivity contribution < 1.29 is 0 Å². The van der Waals surface area contributed by atoms with E-state index in [1.165, 1.54) is 0 Å². The Bertz CT molecular complexity index is 517. The third kappa shape index (κ3) is 1.21. The van der Waals surface area contributed by atoms with Crippen LogP contribution in [0.2, 0.25) is 0 Å². The molecule has 0 aliphatic carbocycles. The summed E-state index contributed by atoms with van der Waals surface area (Å²) in [4.78, 5) is 0. The summed E-state index contributed by atoms with van der Waals surface area (Å²) in [6.07, 6.45) is 2.41. The summed E-state index contributed by atoms with van der Waals surface area (Å²) in [5.74, 6) is 0. The second kappa shape index (κ2) is 3.08. The van der Waals surface area contributed by atoms with Gasteiger partial charge in [0.1, 0.15) is 0 Å². The minimum atomic E-state index is 0.431. The Morgan fingerprint density at radius 3 is 3.00 bits per heavy atom. The van der Waals surface area contributed by atoms with Gasteiger partial charge in [0.05, 0.1) is 12.5 Å². The largest absolute Gasteiger partial charge is 0.399 e. The lowest BCUT2D eigenvalue weighted by atomic mass is 10.1. The number of hydrogen-bond acceptors (Lipinski definition) is 2. The fourth-order valence-corrected chi connectivity index (χ4v) is 1.72. The van der Waals surface area contributed by atoms with Crippen molar-refractivity contribution in [3.8, 4) is 6.07 Å². The van der Waals surface area contributed by atoms with Gasteiger partial charge in [-0.05, 0) is 23.8 Å². The van der Waals surface area contributed by atoms with Gasteiger partial charge >= 0.3 is 0 Å². The quantitative estimate of drug-likeness (QED) is 0.689. The summed E-state index contributed by atoms with van der Waals surface area (Å²) in [7, 11) is 1.97. The lowest BCUT2D eigenvalue weighted by Gasteiger charge is -1.96. The van der Waals surface area contributed by atoms with E-state index in [9.17, 15) is 0 Å². The molecular weight excluding hydrogens is 174 g/mol. The summed E-state index contributed by atoms with van der Waals surface area (Å²) in [5.41, 5.74) is 8.60. The Hall–Kier alpha value is -1.95. The second-order valence-electron chi connectivity index (χ2n) is 3.38. The number of nitrogens with two attached hydrogens (primary N) is 1. The van der Waals surface area contributed by atoms with E-state index in [0.717, 1.165) is 22.2 Å². The number of aryl methyl sites for hydroxylation is 1. The maximum Gasteiger partial charge on any atom is 0.0670 e. The molecule has 1 aromatic carbocycles. The monoisotopic (exact) mass is 185 g/mol. The van der Waals surface area contributed by atoms with E-state index in [1.54, 1.807) is 0 Å². The minimum absolute atomic E-state index is 0.431. The molecule has 0 unspecified atom stereocenters. The molecule has 1 aromatic heterocycles. The second-order valence-corrected chi connectivity index (χ2v) is 3.38. The van der Waals surface area contributed by atoms with Crippen molar-refractivity contribution >= 4 is 16.6 Å². The van der Waals surface area contributed by atoms with Gasteiger partial charge in [-0.1, -0.05) is 0 Å². The molecule has 1 heterocycles. The molecule has 14 heavy (non-hydrogen) atoms. The minimum Gasteiger partial charge on any atom is -0.399 e. The standard InChI is InChI=1S/C11H11N3/c1-14-7-8(4-5-12)10-6-9(13)2-3-11(10)14/h2-3,6-7H,4,13H2,1H3. The molecular formula is C11H11N3. The molecule has 0 aliphatic heterocycles. The van der Waals surface area contributed by atoms with E-state index < -0.39 is 0 Å². The zero-order valence-corrected chi connectivity index (χ0v) is 7.99. The van der Waals surface area contributed by atoms with Crippen molar-refractivity contribution in [1.82, 2.24) is 4.57 Å². The molecule has 0 spiro atoms. The molecule has 0 amide bonds. The van der Waals surface area contributed by atoms with Crippen LogP contribution in [0.5, 0.6) is 0 Å². The fourth-order valence-electron chi connectivity index (χ4n) is 1.72. The van der Waals surface area contributed by atoms with Crippen molar-refractivity contribution in [1.29, 1.82) is 5.26 Å². The van der Waals surface area contributed by atoms with Crippen molar-refractivity contribution in [2.45, 2.75) is 6.42 Å². The predicted octanol–water partition coefficient (Wildman–Crippen LogP) is 1.83. The van der Waals surface area contributed by atoms with Gasteiger partial charge in [-0.2, -0.15) is 5.26 Å². The first kappa shape index (κ1) is 8.64. The SMILES string of the molecule is Cn1cc(CC#N)c2cc(N)ccc21. The average molecular weight is 185 g/mol. The van der Waals surface area contributed by atoms with E-state index in [0.29, 0.717) is 6.42 Å². The Kier molecular flexibility index (Phi) is 1.90. The molecule has 2 rings (SSSR count). The van der Waals surface area contributed by atoms with E-state index in [2.05, 4.69) is 6.07 Å². The molecule has 0 saturated carbocycles. The van der Waals surface area contributed by atoms with Crippen LogP contribution in [0.15, 0.2) is 24.4 Å². The molecule has 0 aliphatic rings. The Morgan fingerprint density at radius 1 is 1.50 bits per heavy atom. The molecule has 70 valence electrons. The maximum absolute atomic E-state index is 8.67. The molecule has 0 radical (unpaired) electrons. The molecule has 2 aromatic rings. The normalized spacial score (nSPS) is 10.3. The molecule has 0 atom stereocenters. The Labute approximate surface area is 82.4 Å². The topological polar surface area (TPSA) is 54.7 Å². The predicted molar refractivity (Wildman–Crippen MR) is 56.6 cm³/mol. The van der Waals surface area contributed by atoms with Crippen molar-refractivity contribution in [2.75, 3.05) is 5.73 Å². The average Bonchev–Trinajstić information content (AvgIpc) is 2.44. The van der Waals surface area contributed by atoms with Crippen LogP contribution < -0.4 is 5.73 Å². The molecule has 3 nitrogen and oxygen atoms in total. The van der Waals surface area contributed by atoms with E-state index in [4.69, 9.17) is 11.0 Å². The van der Waals surface area contributed by atoms with Crippen LogP contribution in [0.25, 0.3) is 10.9 Å². The first-order valence-corrected chi connectivity index (χ1v) is 4.43.